The number of carboxylic acids is 1. The summed E-state index contributed by atoms with van der Waals surface area (Å²) < 4.78 is 0. The summed E-state index contributed by atoms with van der Waals surface area (Å²) in [6.07, 6.45) is -0.0263. The molecule has 0 bridgehead atoms. The second kappa shape index (κ2) is 8.79. The average molecular weight is 349 g/mol. The van der Waals surface area contributed by atoms with Crippen molar-refractivity contribution in [3.63, 3.8) is 0 Å². The molecule has 0 fully saturated rings. The van der Waals surface area contributed by atoms with Gasteiger partial charge in [0.05, 0.1) is 24.4 Å². The normalized spacial score (nSPS) is 13.5. The van der Waals surface area contributed by atoms with E-state index in [1.54, 1.807) is 30.3 Å². The van der Waals surface area contributed by atoms with E-state index in [9.17, 15) is 15.0 Å². The molecule has 0 spiro atoms. The van der Waals surface area contributed by atoms with Gasteiger partial charge in [0, 0.05) is 18.4 Å². The van der Waals surface area contributed by atoms with Crippen LogP contribution < -0.4 is 0 Å². The lowest BCUT2D eigenvalue weighted by molar-refractivity contribution is 0.0691. The van der Waals surface area contributed by atoms with Crippen LogP contribution in [0.15, 0.2) is 47.6 Å². The molecule has 1 heterocycles. The number of hydrogen-bond donors (Lipinski definition) is 4. The average Bonchev–Trinajstić information content (AvgIpc) is 2.60. The molecule has 0 radical (unpaired) electrons. The van der Waals surface area contributed by atoms with Gasteiger partial charge in [0.25, 0.3) is 0 Å². The van der Waals surface area contributed by atoms with Crippen LogP contribution >= 0.6 is 11.8 Å². The molecular formula is C17H19NO5S. The van der Waals surface area contributed by atoms with Crippen LogP contribution in [0.4, 0.5) is 0 Å². The van der Waals surface area contributed by atoms with Crippen LogP contribution in [0.5, 0.6) is 0 Å². The first-order valence-corrected chi connectivity index (χ1v) is 8.36. The maximum absolute atomic E-state index is 11.1. The number of carbonyl (C=O) groups is 1. The van der Waals surface area contributed by atoms with E-state index < -0.39 is 18.2 Å². The summed E-state index contributed by atoms with van der Waals surface area (Å²) in [6.45, 7) is -0.0639. The number of pyridine rings is 1. The first-order valence-electron chi connectivity index (χ1n) is 7.38. The van der Waals surface area contributed by atoms with Gasteiger partial charge in [-0.3, -0.25) is 0 Å². The van der Waals surface area contributed by atoms with Gasteiger partial charge in [-0.15, -0.1) is 11.8 Å². The fourth-order valence-corrected chi connectivity index (χ4v) is 3.08. The lowest BCUT2D eigenvalue weighted by atomic mass is 10.0. The Bertz CT molecular complexity index is 677. The number of thioether (sulfide) groups is 1. The summed E-state index contributed by atoms with van der Waals surface area (Å²) in [7, 11) is 0. The van der Waals surface area contributed by atoms with Gasteiger partial charge in [0.2, 0.25) is 0 Å². The minimum absolute atomic E-state index is 0.0639. The van der Waals surface area contributed by atoms with Crippen LogP contribution in [0.1, 0.15) is 34.0 Å². The van der Waals surface area contributed by atoms with Gasteiger partial charge in [-0.1, -0.05) is 24.3 Å². The molecule has 128 valence electrons. The third-order valence-corrected chi connectivity index (χ3v) is 4.61. The van der Waals surface area contributed by atoms with Crippen molar-refractivity contribution in [1.82, 2.24) is 4.98 Å². The number of aromatic carboxylic acids is 1. The molecule has 7 heteroatoms. The van der Waals surface area contributed by atoms with E-state index >= 15 is 0 Å². The molecule has 6 nitrogen and oxygen atoms in total. The highest BCUT2D eigenvalue weighted by Crippen LogP contribution is 2.25. The molecule has 0 amide bonds. The van der Waals surface area contributed by atoms with E-state index in [1.807, 2.05) is 0 Å². The molecule has 2 atom stereocenters. The van der Waals surface area contributed by atoms with E-state index in [1.165, 1.54) is 12.3 Å². The van der Waals surface area contributed by atoms with E-state index in [0.717, 1.165) is 17.3 Å². The molecule has 0 unspecified atom stereocenters. The first-order chi connectivity index (χ1) is 11.5. The van der Waals surface area contributed by atoms with Crippen LogP contribution in [0.2, 0.25) is 0 Å². The number of rotatable bonds is 8. The summed E-state index contributed by atoms with van der Waals surface area (Å²) in [5, 5.41) is 38.7. The lowest BCUT2D eigenvalue weighted by Crippen LogP contribution is -2.15. The molecule has 0 aliphatic rings. The van der Waals surface area contributed by atoms with Crippen LogP contribution in [0, 0.1) is 0 Å². The van der Waals surface area contributed by atoms with Gasteiger partial charge in [-0.25, -0.2) is 9.78 Å². The van der Waals surface area contributed by atoms with E-state index in [2.05, 4.69) is 4.98 Å². The largest absolute Gasteiger partial charge is 0.478 e. The van der Waals surface area contributed by atoms with Crippen LogP contribution in [0.3, 0.4) is 0 Å². The van der Waals surface area contributed by atoms with Gasteiger partial charge < -0.3 is 20.4 Å². The number of benzene rings is 1. The molecule has 0 aliphatic heterocycles. The lowest BCUT2D eigenvalue weighted by Gasteiger charge is -2.16. The Morgan fingerprint density at radius 2 is 1.88 bits per heavy atom. The molecule has 2 rings (SSSR count). The molecule has 2 aromatic rings. The monoisotopic (exact) mass is 349 g/mol. The van der Waals surface area contributed by atoms with Crippen molar-refractivity contribution >= 4 is 17.7 Å². The van der Waals surface area contributed by atoms with E-state index in [4.69, 9.17) is 10.2 Å². The highest BCUT2D eigenvalue weighted by atomic mass is 32.2. The number of aliphatic hydroxyl groups excluding tert-OH is 3. The fourth-order valence-electron chi connectivity index (χ4n) is 2.15. The number of aromatic nitrogens is 1. The molecule has 1 aromatic carbocycles. The van der Waals surface area contributed by atoms with Crippen LogP contribution in [0.25, 0.3) is 0 Å². The smallest absolute Gasteiger partial charge is 0.338 e. The highest BCUT2D eigenvalue weighted by molar-refractivity contribution is 7.99. The Labute approximate surface area is 143 Å². The van der Waals surface area contributed by atoms with Gasteiger partial charge in [0.1, 0.15) is 5.03 Å². The third-order valence-electron chi connectivity index (χ3n) is 3.46. The van der Waals surface area contributed by atoms with Crippen LogP contribution in [-0.2, 0) is 6.61 Å². The SMILES string of the molecule is O=C(O)c1cccnc1SC[C@H](O)C[C@H](O)c1ccc(CO)cc1. The Kier molecular flexibility index (Phi) is 6.74. The van der Waals surface area contributed by atoms with Crippen molar-refractivity contribution in [2.45, 2.75) is 30.3 Å². The predicted octanol–water partition coefficient (Wildman–Crippen LogP) is 1.85. The zero-order valence-electron chi connectivity index (χ0n) is 12.9. The Morgan fingerprint density at radius 3 is 2.50 bits per heavy atom. The number of hydrogen-bond acceptors (Lipinski definition) is 6. The van der Waals surface area contributed by atoms with E-state index in [0.29, 0.717) is 10.6 Å². The number of nitrogens with zero attached hydrogens (tertiary/aromatic N) is 1. The van der Waals surface area contributed by atoms with Gasteiger partial charge in [-0.2, -0.15) is 0 Å². The Hall–Kier alpha value is -1.93. The van der Waals surface area contributed by atoms with Crippen LogP contribution in [-0.4, -0.2) is 43.2 Å². The molecule has 1 aromatic heterocycles. The van der Waals surface area contributed by atoms with Crippen molar-refractivity contribution in [3.05, 3.63) is 59.3 Å². The second-order valence-electron chi connectivity index (χ2n) is 5.28. The Morgan fingerprint density at radius 1 is 1.17 bits per heavy atom. The minimum Gasteiger partial charge on any atom is -0.478 e. The summed E-state index contributed by atoms with van der Waals surface area (Å²) in [5.41, 5.74) is 1.49. The Balaban J connectivity index is 1.91. The summed E-state index contributed by atoms with van der Waals surface area (Å²) >= 11 is 1.14. The predicted molar refractivity (Wildman–Crippen MR) is 89.9 cm³/mol. The first kappa shape index (κ1) is 18.4. The van der Waals surface area contributed by atoms with Crippen molar-refractivity contribution in [2.75, 3.05) is 5.75 Å². The maximum Gasteiger partial charge on any atom is 0.338 e. The van der Waals surface area contributed by atoms with Crippen molar-refractivity contribution in [2.24, 2.45) is 0 Å². The summed E-state index contributed by atoms with van der Waals surface area (Å²) in [6, 6.07) is 9.85. The summed E-state index contributed by atoms with van der Waals surface area (Å²) in [4.78, 5) is 15.1. The summed E-state index contributed by atoms with van der Waals surface area (Å²) in [5.74, 6) is -0.840. The molecule has 0 saturated carbocycles. The van der Waals surface area contributed by atoms with Gasteiger partial charge in [-0.05, 0) is 23.3 Å². The fraction of sp³-hybridized carbons (Fsp3) is 0.294. The molecule has 0 aliphatic carbocycles. The minimum atomic E-state index is -1.07. The molecule has 0 saturated heterocycles. The molecular weight excluding hydrogens is 330 g/mol. The van der Waals surface area contributed by atoms with Gasteiger partial charge >= 0.3 is 5.97 Å². The highest BCUT2D eigenvalue weighted by Gasteiger charge is 2.17. The third kappa shape index (κ3) is 5.04. The quantitative estimate of drug-likeness (QED) is 0.538. The zero-order valence-corrected chi connectivity index (χ0v) is 13.7. The second-order valence-corrected chi connectivity index (χ2v) is 6.29. The van der Waals surface area contributed by atoms with E-state index in [-0.39, 0.29) is 24.3 Å². The topological polar surface area (TPSA) is 111 Å². The maximum atomic E-state index is 11.1. The zero-order chi connectivity index (χ0) is 17.5. The van der Waals surface area contributed by atoms with Gasteiger partial charge in [0.15, 0.2) is 0 Å². The van der Waals surface area contributed by atoms with Crippen molar-refractivity contribution in [1.29, 1.82) is 0 Å². The number of aliphatic hydroxyl groups is 3. The standard InChI is InChI=1S/C17H19NO5S/c19-9-11-3-5-12(6-4-11)15(21)8-13(20)10-24-16-14(17(22)23)2-1-7-18-16/h1-7,13,15,19-21H,8-10H2,(H,22,23)/t13-,15+/m1/s1. The van der Waals surface area contributed by atoms with Crippen molar-refractivity contribution in [3.8, 4) is 0 Å². The molecule has 24 heavy (non-hydrogen) atoms. The molecule has 4 N–H and O–H groups in total. The van der Waals surface area contributed by atoms with Crippen molar-refractivity contribution < 1.29 is 25.2 Å². The number of carboxylic acid groups (broad SMARTS) is 1.